The van der Waals surface area contributed by atoms with Gasteiger partial charge in [-0.05, 0) is 25.1 Å². The Bertz CT molecular complexity index is 753. The maximum atomic E-state index is 13.2. The van der Waals surface area contributed by atoms with Crippen molar-refractivity contribution in [3.8, 4) is 5.88 Å². The molecule has 3 heterocycles. The predicted octanol–water partition coefficient (Wildman–Crippen LogP) is 3.21. The fourth-order valence-electron chi connectivity index (χ4n) is 3.16. The van der Waals surface area contributed by atoms with Crippen molar-refractivity contribution in [2.75, 3.05) is 31.6 Å². The maximum Gasteiger partial charge on any atom is 0.419 e. The normalized spacial score (nSPS) is 18.8. The molecular weight excluding hydrogens is 345 g/mol. The summed E-state index contributed by atoms with van der Waals surface area (Å²) in [4.78, 5) is 12.3. The first-order valence-electron chi connectivity index (χ1n) is 8.39. The first-order valence-corrected chi connectivity index (χ1v) is 8.39. The Morgan fingerprint density at radius 3 is 2.69 bits per heavy atom. The fraction of sp³-hybridized carbons (Fsp3) is 0.444. The minimum atomic E-state index is -4.41. The van der Waals surface area contributed by atoms with Gasteiger partial charge in [0.2, 0.25) is 5.88 Å². The van der Waals surface area contributed by atoms with E-state index in [0.717, 1.165) is 11.8 Å². The summed E-state index contributed by atoms with van der Waals surface area (Å²) in [6.45, 7) is 4.22. The molecule has 0 bridgehead atoms. The fourth-order valence-corrected chi connectivity index (χ4v) is 3.16. The minimum absolute atomic E-state index is 0.00556. The lowest BCUT2D eigenvalue weighted by Crippen LogP contribution is -2.52. The Labute approximate surface area is 150 Å². The van der Waals surface area contributed by atoms with Gasteiger partial charge in [-0.1, -0.05) is 6.07 Å². The van der Waals surface area contributed by atoms with Crippen LogP contribution in [0.2, 0.25) is 0 Å². The highest BCUT2D eigenvalue weighted by molar-refractivity contribution is 5.49. The van der Waals surface area contributed by atoms with E-state index >= 15 is 0 Å². The summed E-state index contributed by atoms with van der Waals surface area (Å²) in [5.74, 6) is 0.558. The van der Waals surface area contributed by atoms with Gasteiger partial charge in [0.05, 0.1) is 18.4 Å². The van der Waals surface area contributed by atoms with Gasteiger partial charge in [-0.2, -0.15) is 13.2 Å². The van der Waals surface area contributed by atoms with E-state index in [9.17, 15) is 13.2 Å². The lowest BCUT2D eigenvalue weighted by atomic mass is 10.1. The van der Waals surface area contributed by atoms with Crippen molar-refractivity contribution in [2.45, 2.75) is 25.7 Å². The van der Waals surface area contributed by atoms with Gasteiger partial charge >= 0.3 is 6.18 Å². The topological polar surface area (TPSA) is 41.5 Å². The summed E-state index contributed by atoms with van der Waals surface area (Å²) >= 11 is 0. The Hall–Kier alpha value is -2.35. The summed E-state index contributed by atoms with van der Waals surface area (Å²) in [7, 11) is 1.57. The van der Waals surface area contributed by atoms with Gasteiger partial charge < -0.3 is 9.64 Å². The predicted molar refractivity (Wildman–Crippen MR) is 92.1 cm³/mol. The number of aromatic nitrogens is 2. The van der Waals surface area contributed by atoms with Crippen molar-refractivity contribution in [3.05, 3.63) is 47.8 Å². The standard InChI is InChI=1S/C18H21F3N4O/c1-13-11-25(17-15(18(19,20)21)6-4-8-22-17)10-9-24(13)12-14-5-3-7-16(23-14)26-2/h3-8,13H,9-12H2,1-2H3. The number of hydrogen-bond donors (Lipinski definition) is 0. The average Bonchev–Trinajstić information content (AvgIpc) is 2.63. The van der Waals surface area contributed by atoms with Crippen LogP contribution >= 0.6 is 0 Å². The number of anilines is 1. The van der Waals surface area contributed by atoms with Gasteiger partial charge in [0.1, 0.15) is 5.82 Å². The number of pyridine rings is 2. The molecule has 0 N–H and O–H groups in total. The number of piperazine rings is 1. The third-order valence-electron chi connectivity index (χ3n) is 4.51. The van der Waals surface area contributed by atoms with Crippen LogP contribution in [0.5, 0.6) is 5.88 Å². The van der Waals surface area contributed by atoms with Gasteiger partial charge in [-0.25, -0.2) is 9.97 Å². The van der Waals surface area contributed by atoms with Crippen molar-refractivity contribution in [3.63, 3.8) is 0 Å². The molecule has 0 aromatic carbocycles. The van der Waals surface area contributed by atoms with Gasteiger partial charge in [0.15, 0.2) is 0 Å². The maximum absolute atomic E-state index is 13.2. The Morgan fingerprint density at radius 2 is 2.00 bits per heavy atom. The third kappa shape index (κ3) is 4.07. The Balaban J connectivity index is 1.71. The van der Waals surface area contributed by atoms with Gasteiger partial charge in [-0.3, -0.25) is 4.90 Å². The first-order chi connectivity index (χ1) is 12.4. The van der Waals surface area contributed by atoms with Gasteiger partial charge in [0.25, 0.3) is 0 Å². The van der Waals surface area contributed by atoms with Crippen molar-refractivity contribution in [2.24, 2.45) is 0 Å². The van der Waals surface area contributed by atoms with Crippen LogP contribution < -0.4 is 9.64 Å². The average molecular weight is 366 g/mol. The molecule has 2 aromatic heterocycles. The first kappa shape index (κ1) is 18.4. The second-order valence-electron chi connectivity index (χ2n) is 6.31. The van der Waals surface area contributed by atoms with E-state index in [1.165, 1.54) is 12.3 Å². The van der Waals surface area contributed by atoms with Crippen LogP contribution in [0, 0.1) is 0 Å². The quantitative estimate of drug-likeness (QED) is 0.831. The molecule has 0 spiro atoms. The van der Waals surface area contributed by atoms with Crippen molar-refractivity contribution >= 4 is 5.82 Å². The van der Waals surface area contributed by atoms with E-state index in [-0.39, 0.29) is 11.9 Å². The molecule has 5 nitrogen and oxygen atoms in total. The number of methoxy groups -OCH3 is 1. The molecule has 3 rings (SSSR count). The van der Waals surface area contributed by atoms with E-state index < -0.39 is 11.7 Å². The number of hydrogen-bond acceptors (Lipinski definition) is 5. The summed E-state index contributed by atoms with van der Waals surface area (Å²) in [6, 6.07) is 8.05. The van der Waals surface area contributed by atoms with E-state index in [2.05, 4.69) is 14.9 Å². The molecule has 1 atom stereocenters. The zero-order valence-electron chi connectivity index (χ0n) is 14.7. The molecule has 0 aliphatic carbocycles. The summed E-state index contributed by atoms with van der Waals surface area (Å²) in [6.07, 6.45) is -3.00. The van der Waals surface area contributed by atoms with Crippen molar-refractivity contribution in [1.82, 2.24) is 14.9 Å². The second-order valence-corrected chi connectivity index (χ2v) is 6.31. The number of rotatable bonds is 4. The molecular formula is C18H21F3N4O. The summed E-state index contributed by atoms with van der Waals surface area (Å²) in [5.41, 5.74) is 0.188. The molecule has 0 saturated carbocycles. The molecule has 1 aliphatic heterocycles. The van der Waals surface area contributed by atoms with Gasteiger partial charge in [-0.15, -0.1) is 0 Å². The molecule has 1 aliphatic rings. The number of halogens is 3. The van der Waals surface area contributed by atoms with Crippen LogP contribution in [0.25, 0.3) is 0 Å². The van der Waals surface area contributed by atoms with Crippen LogP contribution in [-0.2, 0) is 12.7 Å². The molecule has 1 fully saturated rings. The SMILES string of the molecule is COc1cccc(CN2CCN(c3ncccc3C(F)(F)F)CC2C)n1. The van der Waals surface area contributed by atoms with Crippen LogP contribution in [0.4, 0.5) is 19.0 Å². The number of nitrogens with zero attached hydrogens (tertiary/aromatic N) is 4. The molecule has 1 saturated heterocycles. The van der Waals surface area contributed by atoms with E-state index in [4.69, 9.17) is 4.74 Å². The lowest BCUT2D eigenvalue weighted by molar-refractivity contribution is -0.137. The molecule has 140 valence electrons. The van der Waals surface area contributed by atoms with Crippen LogP contribution in [0.3, 0.4) is 0 Å². The van der Waals surface area contributed by atoms with Crippen LogP contribution in [0.15, 0.2) is 36.5 Å². The summed E-state index contributed by atoms with van der Waals surface area (Å²) < 4.78 is 44.9. The van der Waals surface area contributed by atoms with E-state index in [0.29, 0.717) is 32.1 Å². The summed E-state index contributed by atoms with van der Waals surface area (Å²) in [5, 5.41) is 0. The molecule has 1 unspecified atom stereocenters. The van der Waals surface area contributed by atoms with Gasteiger partial charge in [0, 0.05) is 44.5 Å². The van der Waals surface area contributed by atoms with Crippen LogP contribution in [0.1, 0.15) is 18.2 Å². The molecule has 26 heavy (non-hydrogen) atoms. The highest BCUT2D eigenvalue weighted by Crippen LogP contribution is 2.35. The highest BCUT2D eigenvalue weighted by atomic mass is 19.4. The smallest absolute Gasteiger partial charge is 0.419 e. The molecule has 8 heteroatoms. The minimum Gasteiger partial charge on any atom is -0.481 e. The van der Waals surface area contributed by atoms with E-state index in [1.807, 2.05) is 19.1 Å². The van der Waals surface area contributed by atoms with E-state index in [1.54, 1.807) is 18.1 Å². The zero-order chi connectivity index (χ0) is 18.7. The monoisotopic (exact) mass is 366 g/mol. The van der Waals surface area contributed by atoms with Crippen LogP contribution in [-0.4, -0.2) is 47.7 Å². The number of alkyl halides is 3. The number of ether oxygens (including phenoxy) is 1. The molecule has 0 amide bonds. The Morgan fingerprint density at radius 1 is 1.19 bits per heavy atom. The van der Waals surface area contributed by atoms with Crippen molar-refractivity contribution < 1.29 is 17.9 Å². The van der Waals surface area contributed by atoms with Crippen molar-refractivity contribution in [1.29, 1.82) is 0 Å². The molecule has 2 aromatic rings. The highest BCUT2D eigenvalue weighted by Gasteiger charge is 2.37. The lowest BCUT2D eigenvalue weighted by Gasteiger charge is -2.40. The largest absolute Gasteiger partial charge is 0.481 e. The third-order valence-corrected chi connectivity index (χ3v) is 4.51. The second kappa shape index (κ2) is 7.49. The molecule has 0 radical (unpaired) electrons. The Kier molecular flexibility index (Phi) is 5.31. The zero-order valence-corrected chi connectivity index (χ0v) is 14.7.